The molecule has 3 N–H and O–H groups in total. The fourth-order valence-corrected chi connectivity index (χ4v) is 1.69. The van der Waals surface area contributed by atoms with Gasteiger partial charge in [-0.25, -0.2) is 4.79 Å². The lowest BCUT2D eigenvalue weighted by Crippen LogP contribution is -2.36. The summed E-state index contributed by atoms with van der Waals surface area (Å²) in [6.45, 7) is 0. The molecule has 0 aromatic heterocycles. The molecule has 0 aliphatic rings. The molecule has 98 valence electrons. The number of carbonyl (C=O) groups excluding carboxylic acids is 1. The minimum absolute atomic E-state index is 0.351. The van der Waals surface area contributed by atoms with E-state index in [1.807, 2.05) is 30.3 Å². The van der Waals surface area contributed by atoms with Gasteiger partial charge in [0, 0.05) is 0 Å². The van der Waals surface area contributed by atoms with Crippen LogP contribution in [0.5, 0.6) is 5.75 Å². The highest BCUT2D eigenvalue weighted by molar-refractivity contribution is 5.86. The Balaban J connectivity index is 2.12. The number of hydrogen-bond donors (Lipinski definition) is 2. The van der Waals surface area contributed by atoms with Crippen molar-refractivity contribution >= 4 is 22.7 Å². The third kappa shape index (κ3) is 3.29. The lowest BCUT2D eigenvalue weighted by molar-refractivity contribution is -0.143. The number of carboxylic acids is 1. The second-order valence-electron chi connectivity index (χ2n) is 4.13. The number of esters is 1. The summed E-state index contributed by atoms with van der Waals surface area (Å²) in [4.78, 5) is 22.0. The standard InChI is InChI=1S/C14H13NO4/c15-12(8-13(16)17)14(18)19-11-6-5-9-3-1-2-4-10(9)7-11/h1-7,12H,8,15H2,(H,16,17)/t12-/m0/s1. The molecule has 2 aromatic carbocycles. The second-order valence-corrected chi connectivity index (χ2v) is 4.13. The lowest BCUT2D eigenvalue weighted by Gasteiger charge is -2.09. The van der Waals surface area contributed by atoms with Crippen molar-refractivity contribution in [3.05, 3.63) is 42.5 Å². The molecule has 0 saturated carbocycles. The van der Waals surface area contributed by atoms with Gasteiger partial charge in [-0.05, 0) is 22.9 Å². The Morgan fingerprint density at radius 3 is 2.53 bits per heavy atom. The van der Waals surface area contributed by atoms with Crippen molar-refractivity contribution in [2.24, 2.45) is 5.73 Å². The van der Waals surface area contributed by atoms with E-state index in [1.54, 1.807) is 12.1 Å². The minimum Gasteiger partial charge on any atom is -0.481 e. The molecule has 0 amide bonds. The van der Waals surface area contributed by atoms with Gasteiger partial charge in [-0.2, -0.15) is 0 Å². The smallest absolute Gasteiger partial charge is 0.328 e. The van der Waals surface area contributed by atoms with Crippen LogP contribution in [0.15, 0.2) is 42.5 Å². The lowest BCUT2D eigenvalue weighted by atomic mass is 10.1. The highest BCUT2D eigenvalue weighted by Crippen LogP contribution is 2.20. The van der Waals surface area contributed by atoms with Crippen LogP contribution in [0.2, 0.25) is 0 Å². The average molecular weight is 259 g/mol. The predicted molar refractivity (Wildman–Crippen MR) is 69.8 cm³/mol. The molecule has 0 heterocycles. The minimum atomic E-state index is -1.16. The molecule has 0 aliphatic carbocycles. The van der Waals surface area contributed by atoms with E-state index in [1.165, 1.54) is 0 Å². The Morgan fingerprint density at radius 1 is 1.16 bits per heavy atom. The van der Waals surface area contributed by atoms with E-state index in [0.717, 1.165) is 10.8 Å². The van der Waals surface area contributed by atoms with E-state index in [0.29, 0.717) is 5.75 Å². The summed E-state index contributed by atoms with van der Waals surface area (Å²) in [6.07, 6.45) is -0.452. The number of rotatable bonds is 4. The highest BCUT2D eigenvalue weighted by Gasteiger charge is 2.19. The number of benzene rings is 2. The van der Waals surface area contributed by atoms with Crippen molar-refractivity contribution in [1.29, 1.82) is 0 Å². The SMILES string of the molecule is N[C@@H](CC(=O)O)C(=O)Oc1ccc2ccccc2c1. The molecular formula is C14H13NO4. The summed E-state index contributed by atoms with van der Waals surface area (Å²) < 4.78 is 5.06. The van der Waals surface area contributed by atoms with Crippen LogP contribution in [0.25, 0.3) is 10.8 Å². The topological polar surface area (TPSA) is 89.6 Å². The molecule has 0 spiro atoms. The molecule has 0 radical (unpaired) electrons. The van der Waals surface area contributed by atoms with Crippen molar-refractivity contribution in [3.63, 3.8) is 0 Å². The maximum atomic E-state index is 11.6. The number of carbonyl (C=O) groups is 2. The number of nitrogens with two attached hydrogens (primary N) is 1. The van der Waals surface area contributed by atoms with Gasteiger partial charge in [0.2, 0.25) is 0 Å². The number of ether oxygens (including phenoxy) is 1. The molecule has 1 atom stereocenters. The molecule has 0 unspecified atom stereocenters. The first kappa shape index (κ1) is 13.0. The monoisotopic (exact) mass is 259 g/mol. The van der Waals surface area contributed by atoms with E-state index in [4.69, 9.17) is 15.6 Å². The number of aliphatic carboxylic acids is 1. The van der Waals surface area contributed by atoms with E-state index in [-0.39, 0.29) is 0 Å². The van der Waals surface area contributed by atoms with Gasteiger partial charge >= 0.3 is 11.9 Å². The van der Waals surface area contributed by atoms with Crippen LogP contribution >= 0.6 is 0 Å². The fraction of sp³-hybridized carbons (Fsp3) is 0.143. The summed E-state index contributed by atoms with van der Waals surface area (Å²) >= 11 is 0. The van der Waals surface area contributed by atoms with Gasteiger partial charge in [-0.1, -0.05) is 30.3 Å². The molecule has 5 heteroatoms. The predicted octanol–water partition coefficient (Wildman–Crippen LogP) is 1.55. The Labute approximate surface area is 109 Å². The first-order valence-corrected chi connectivity index (χ1v) is 5.74. The zero-order valence-electron chi connectivity index (χ0n) is 10.1. The number of hydrogen-bond acceptors (Lipinski definition) is 4. The largest absolute Gasteiger partial charge is 0.481 e. The normalized spacial score (nSPS) is 12.1. The van der Waals surface area contributed by atoms with Crippen LogP contribution in [0, 0.1) is 0 Å². The Bertz CT molecular complexity index is 624. The molecule has 5 nitrogen and oxygen atoms in total. The third-order valence-electron chi connectivity index (χ3n) is 2.64. The van der Waals surface area contributed by atoms with Crippen molar-refractivity contribution in [2.75, 3.05) is 0 Å². The van der Waals surface area contributed by atoms with Gasteiger partial charge in [-0.15, -0.1) is 0 Å². The second kappa shape index (κ2) is 5.49. The number of carboxylic acid groups (broad SMARTS) is 1. The maximum Gasteiger partial charge on any atom is 0.328 e. The molecule has 0 saturated heterocycles. The molecule has 0 aliphatic heterocycles. The molecule has 0 bridgehead atoms. The molecule has 0 fully saturated rings. The maximum absolute atomic E-state index is 11.6. The van der Waals surface area contributed by atoms with Gasteiger partial charge < -0.3 is 15.6 Å². The first-order valence-electron chi connectivity index (χ1n) is 5.74. The zero-order chi connectivity index (χ0) is 13.8. The van der Waals surface area contributed by atoms with Crippen LogP contribution in [0.1, 0.15) is 6.42 Å². The van der Waals surface area contributed by atoms with E-state index in [2.05, 4.69) is 0 Å². The Morgan fingerprint density at radius 2 is 1.84 bits per heavy atom. The summed E-state index contributed by atoms with van der Waals surface area (Å²) in [6, 6.07) is 11.6. The first-order chi connectivity index (χ1) is 9.06. The quantitative estimate of drug-likeness (QED) is 0.642. The average Bonchev–Trinajstić information content (AvgIpc) is 2.37. The summed E-state index contributed by atoms with van der Waals surface area (Å²) in [5.41, 5.74) is 5.42. The van der Waals surface area contributed by atoms with Gasteiger partial charge in [0.15, 0.2) is 0 Å². The number of fused-ring (bicyclic) bond motifs is 1. The van der Waals surface area contributed by atoms with Crippen molar-refractivity contribution in [3.8, 4) is 5.75 Å². The molecule has 2 aromatic rings. The van der Waals surface area contributed by atoms with Gasteiger partial charge in [0.25, 0.3) is 0 Å². The van der Waals surface area contributed by atoms with Crippen LogP contribution in [-0.2, 0) is 9.59 Å². The summed E-state index contributed by atoms with van der Waals surface area (Å²) in [5.74, 6) is -1.54. The zero-order valence-corrected chi connectivity index (χ0v) is 10.1. The van der Waals surface area contributed by atoms with Crippen molar-refractivity contribution in [1.82, 2.24) is 0 Å². The van der Waals surface area contributed by atoms with Crippen LogP contribution in [-0.4, -0.2) is 23.1 Å². The van der Waals surface area contributed by atoms with E-state index >= 15 is 0 Å². The van der Waals surface area contributed by atoms with Crippen LogP contribution in [0.3, 0.4) is 0 Å². The fourth-order valence-electron chi connectivity index (χ4n) is 1.69. The van der Waals surface area contributed by atoms with E-state index < -0.39 is 24.4 Å². The van der Waals surface area contributed by atoms with Crippen LogP contribution < -0.4 is 10.5 Å². The summed E-state index contributed by atoms with van der Waals surface area (Å²) in [7, 11) is 0. The van der Waals surface area contributed by atoms with E-state index in [9.17, 15) is 9.59 Å². The molecule has 2 rings (SSSR count). The Kier molecular flexibility index (Phi) is 3.77. The Hall–Kier alpha value is -2.40. The van der Waals surface area contributed by atoms with Crippen molar-refractivity contribution in [2.45, 2.75) is 12.5 Å². The molecular weight excluding hydrogens is 246 g/mol. The summed E-state index contributed by atoms with van der Waals surface area (Å²) in [5, 5.41) is 10.5. The highest BCUT2D eigenvalue weighted by atomic mass is 16.5. The van der Waals surface area contributed by atoms with Gasteiger partial charge in [0.05, 0.1) is 6.42 Å². The van der Waals surface area contributed by atoms with Gasteiger partial charge in [-0.3, -0.25) is 4.79 Å². The van der Waals surface area contributed by atoms with Gasteiger partial charge in [0.1, 0.15) is 11.8 Å². The molecule has 19 heavy (non-hydrogen) atoms. The third-order valence-corrected chi connectivity index (χ3v) is 2.64. The van der Waals surface area contributed by atoms with Crippen molar-refractivity contribution < 1.29 is 19.4 Å². The van der Waals surface area contributed by atoms with Crippen LogP contribution in [0.4, 0.5) is 0 Å².